The first kappa shape index (κ1) is 13.6. The maximum absolute atomic E-state index is 8.91. The van der Waals surface area contributed by atoms with Crippen molar-refractivity contribution in [2.75, 3.05) is 11.9 Å². The van der Waals surface area contributed by atoms with Gasteiger partial charge in [-0.1, -0.05) is 25.5 Å². The van der Waals surface area contributed by atoms with Crippen molar-refractivity contribution in [1.29, 1.82) is 5.26 Å². The smallest absolute Gasteiger partial charge is 0.0684 e. The molecule has 0 heterocycles. The molecular formula is C15H22N2. The fourth-order valence-electron chi connectivity index (χ4n) is 1.65. The maximum Gasteiger partial charge on any atom is 0.0684 e. The molecule has 0 saturated heterocycles. The molecule has 0 aromatic heterocycles. The zero-order valence-electron chi connectivity index (χ0n) is 11.1. The van der Waals surface area contributed by atoms with E-state index in [-0.39, 0.29) is 5.41 Å². The van der Waals surface area contributed by atoms with Crippen LogP contribution in [0.2, 0.25) is 0 Å². The van der Waals surface area contributed by atoms with Crippen LogP contribution in [0.25, 0.3) is 0 Å². The van der Waals surface area contributed by atoms with Crippen LogP contribution < -0.4 is 5.32 Å². The second kappa shape index (κ2) is 6.30. The van der Waals surface area contributed by atoms with E-state index in [1.807, 2.05) is 13.8 Å². The predicted octanol–water partition coefficient (Wildman–Crippen LogP) is 3.99. The van der Waals surface area contributed by atoms with Crippen LogP contribution in [0, 0.1) is 16.7 Å². The van der Waals surface area contributed by atoms with Gasteiger partial charge >= 0.3 is 0 Å². The van der Waals surface area contributed by atoms with Gasteiger partial charge in [0.05, 0.1) is 11.5 Å². The van der Waals surface area contributed by atoms with E-state index in [0.717, 1.165) is 25.1 Å². The van der Waals surface area contributed by atoms with E-state index in [4.69, 9.17) is 5.26 Å². The highest BCUT2D eigenvalue weighted by Gasteiger charge is 2.15. The van der Waals surface area contributed by atoms with Gasteiger partial charge < -0.3 is 5.32 Å². The van der Waals surface area contributed by atoms with Gasteiger partial charge in [0.2, 0.25) is 0 Å². The van der Waals surface area contributed by atoms with Crippen LogP contribution in [-0.4, -0.2) is 6.54 Å². The van der Waals surface area contributed by atoms with E-state index < -0.39 is 0 Å². The zero-order valence-corrected chi connectivity index (χ0v) is 11.1. The molecule has 2 heteroatoms. The fourth-order valence-corrected chi connectivity index (χ4v) is 1.65. The number of anilines is 1. The van der Waals surface area contributed by atoms with E-state index in [0.29, 0.717) is 0 Å². The SMILES string of the molecule is CCCc1ccc(NCCC(C)(C)C#N)cc1. The number of hydrogen-bond donors (Lipinski definition) is 1. The molecule has 0 spiro atoms. The first-order chi connectivity index (χ1) is 8.07. The Morgan fingerprint density at radius 1 is 1.24 bits per heavy atom. The highest BCUT2D eigenvalue weighted by atomic mass is 14.9. The van der Waals surface area contributed by atoms with Crippen LogP contribution in [-0.2, 0) is 6.42 Å². The van der Waals surface area contributed by atoms with Gasteiger partial charge in [-0.25, -0.2) is 0 Å². The number of nitrogens with zero attached hydrogens (tertiary/aromatic N) is 1. The van der Waals surface area contributed by atoms with Crippen LogP contribution in [0.4, 0.5) is 5.69 Å². The van der Waals surface area contributed by atoms with Gasteiger partial charge in [-0.3, -0.25) is 0 Å². The monoisotopic (exact) mass is 230 g/mol. The van der Waals surface area contributed by atoms with Gasteiger partial charge in [-0.15, -0.1) is 0 Å². The summed E-state index contributed by atoms with van der Waals surface area (Å²) in [6.45, 7) is 6.97. The third-order valence-electron chi connectivity index (χ3n) is 2.87. The number of rotatable bonds is 6. The standard InChI is InChI=1S/C15H22N2/c1-4-5-13-6-8-14(9-7-13)17-11-10-15(2,3)12-16/h6-9,17H,4-5,10-11H2,1-3H3. The Morgan fingerprint density at radius 3 is 2.41 bits per heavy atom. The van der Waals surface area contributed by atoms with E-state index in [1.54, 1.807) is 0 Å². The molecule has 0 radical (unpaired) electrons. The van der Waals surface area contributed by atoms with Crippen LogP contribution in [0.5, 0.6) is 0 Å². The number of benzene rings is 1. The minimum atomic E-state index is -0.241. The lowest BCUT2D eigenvalue weighted by molar-refractivity contribution is 0.466. The molecule has 0 bridgehead atoms. The summed E-state index contributed by atoms with van der Waals surface area (Å²) >= 11 is 0. The Kier molecular flexibility index (Phi) is 5.03. The van der Waals surface area contributed by atoms with E-state index >= 15 is 0 Å². The molecule has 0 amide bonds. The first-order valence-corrected chi connectivity index (χ1v) is 6.31. The molecule has 2 nitrogen and oxygen atoms in total. The van der Waals surface area contributed by atoms with Gasteiger partial charge in [0.15, 0.2) is 0 Å². The lowest BCUT2D eigenvalue weighted by Crippen LogP contribution is -2.14. The Labute approximate surface area is 105 Å². The van der Waals surface area contributed by atoms with Crippen molar-refractivity contribution >= 4 is 5.69 Å². The van der Waals surface area contributed by atoms with Crippen molar-refractivity contribution in [3.63, 3.8) is 0 Å². The van der Waals surface area contributed by atoms with Crippen LogP contribution in [0.1, 0.15) is 39.2 Å². The molecule has 1 aromatic rings. The molecule has 1 N–H and O–H groups in total. The minimum Gasteiger partial charge on any atom is -0.385 e. The van der Waals surface area contributed by atoms with Gasteiger partial charge in [-0.2, -0.15) is 5.26 Å². The number of hydrogen-bond acceptors (Lipinski definition) is 2. The maximum atomic E-state index is 8.91. The average molecular weight is 230 g/mol. The molecule has 92 valence electrons. The molecule has 0 atom stereocenters. The van der Waals surface area contributed by atoms with Gasteiger partial charge in [0.1, 0.15) is 0 Å². The van der Waals surface area contributed by atoms with E-state index in [2.05, 4.69) is 42.6 Å². The third-order valence-corrected chi connectivity index (χ3v) is 2.87. The summed E-state index contributed by atoms with van der Waals surface area (Å²) in [4.78, 5) is 0. The zero-order chi connectivity index (χ0) is 12.7. The summed E-state index contributed by atoms with van der Waals surface area (Å²) in [5.41, 5.74) is 2.28. The highest BCUT2D eigenvalue weighted by molar-refractivity contribution is 5.44. The largest absolute Gasteiger partial charge is 0.385 e. The number of aryl methyl sites for hydroxylation is 1. The van der Waals surface area contributed by atoms with Gasteiger partial charge in [0.25, 0.3) is 0 Å². The molecule has 0 aliphatic carbocycles. The average Bonchev–Trinajstić information content (AvgIpc) is 2.32. The summed E-state index contributed by atoms with van der Waals surface area (Å²) in [5, 5.41) is 12.3. The molecule has 0 unspecified atom stereocenters. The van der Waals surface area contributed by atoms with Gasteiger partial charge in [0, 0.05) is 12.2 Å². The van der Waals surface area contributed by atoms with Crippen molar-refractivity contribution in [2.24, 2.45) is 5.41 Å². The van der Waals surface area contributed by atoms with Crippen LogP contribution in [0.15, 0.2) is 24.3 Å². The van der Waals surface area contributed by atoms with E-state index in [1.165, 1.54) is 12.0 Å². The molecule has 0 saturated carbocycles. The van der Waals surface area contributed by atoms with Crippen molar-refractivity contribution in [3.05, 3.63) is 29.8 Å². The summed E-state index contributed by atoms with van der Waals surface area (Å²) in [6.07, 6.45) is 3.19. The molecule has 0 fully saturated rings. The lowest BCUT2D eigenvalue weighted by Gasteiger charge is -2.15. The Hall–Kier alpha value is -1.49. The Morgan fingerprint density at radius 2 is 1.88 bits per heavy atom. The number of nitriles is 1. The molecule has 17 heavy (non-hydrogen) atoms. The second-order valence-electron chi connectivity index (χ2n) is 5.12. The Balaban J connectivity index is 2.40. The highest BCUT2D eigenvalue weighted by Crippen LogP contribution is 2.19. The molecule has 0 aliphatic heterocycles. The van der Waals surface area contributed by atoms with Crippen molar-refractivity contribution in [2.45, 2.75) is 40.0 Å². The van der Waals surface area contributed by atoms with Crippen molar-refractivity contribution < 1.29 is 0 Å². The first-order valence-electron chi connectivity index (χ1n) is 6.31. The summed E-state index contributed by atoms with van der Waals surface area (Å²) < 4.78 is 0. The number of nitrogens with one attached hydrogen (secondary N) is 1. The fraction of sp³-hybridized carbons (Fsp3) is 0.533. The second-order valence-corrected chi connectivity index (χ2v) is 5.12. The molecule has 1 aromatic carbocycles. The third kappa shape index (κ3) is 4.91. The molecular weight excluding hydrogens is 208 g/mol. The normalized spacial score (nSPS) is 10.9. The quantitative estimate of drug-likeness (QED) is 0.802. The summed E-state index contributed by atoms with van der Waals surface area (Å²) in [7, 11) is 0. The summed E-state index contributed by atoms with van der Waals surface area (Å²) in [5.74, 6) is 0. The topological polar surface area (TPSA) is 35.8 Å². The van der Waals surface area contributed by atoms with Crippen LogP contribution >= 0.6 is 0 Å². The lowest BCUT2D eigenvalue weighted by atomic mass is 9.91. The predicted molar refractivity (Wildman–Crippen MR) is 72.9 cm³/mol. The van der Waals surface area contributed by atoms with Crippen molar-refractivity contribution in [1.82, 2.24) is 0 Å². The van der Waals surface area contributed by atoms with Crippen LogP contribution in [0.3, 0.4) is 0 Å². The van der Waals surface area contributed by atoms with Gasteiger partial charge in [-0.05, 0) is 44.4 Å². The minimum absolute atomic E-state index is 0.241. The Bertz CT molecular complexity index is 371. The molecule has 1 rings (SSSR count). The van der Waals surface area contributed by atoms with E-state index in [9.17, 15) is 0 Å². The molecule has 0 aliphatic rings. The van der Waals surface area contributed by atoms with Crippen molar-refractivity contribution in [3.8, 4) is 6.07 Å². The summed E-state index contributed by atoms with van der Waals surface area (Å²) in [6, 6.07) is 10.9.